The second-order valence-electron chi connectivity index (χ2n) is 4.96. The van der Waals surface area contributed by atoms with E-state index in [0.29, 0.717) is 18.9 Å². The van der Waals surface area contributed by atoms with Gasteiger partial charge in [-0.25, -0.2) is 0 Å². The zero-order valence-corrected chi connectivity index (χ0v) is 10.3. The predicted molar refractivity (Wildman–Crippen MR) is 61.2 cm³/mol. The van der Waals surface area contributed by atoms with Crippen LogP contribution in [0.5, 0.6) is 0 Å². The first kappa shape index (κ1) is 12.3. The van der Waals surface area contributed by atoms with E-state index in [1.54, 1.807) is 0 Å². The number of aliphatic hydroxyl groups excluding tert-OH is 1. The summed E-state index contributed by atoms with van der Waals surface area (Å²) in [7, 11) is 0. The van der Waals surface area contributed by atoms with Crippen LogP contribution in [-0.4, -0.2) is 54.7 Å². The summed E-state index contributed by atoms with van der Waals surface area (Å²) in [6, 6.07) is 0. The molecule has 0 bridgehead atoms. The molecule has 2 heterocycles. The maximum atomic E-state index is 8.90. The molecule has 16 heavy (non-hydrogen) atoms. The van der Waals surface area contributed by atoms with Crippen molar-refractivity contribution in [3.63, 3.8) is 0 Å². The summed E-state index contributed by atoms with van der Waals surface area (Å²) in [5, 5.41) is 8.90. The topological polar surface area (TPSA) is 41.9 Å². The number of hydrogen-bond acceptors (Lipinski definition) is 4. The first-order valence-electron chi connectivity index (χ1n) is 6.33. The normalized spacial score (nSPS) is 40.7. The van der Waals surface area contributed by atoms with Crippen LogP contribution in [0.3, 0.4) is 0 Å². The van der Waals surface area contributed by atoms with Crippen LogP contribution in [0.2, 0.25) is 0 Å². The van der Waals surface area contributed by atoms with Gasteiger partial charge in [-0.1, -0.05) is 6.92 Å². The molecule has 4 nitrogen and oxygen atoms in total. The van der Waals surface area contributed by atoms with Crippen molar-refractivity contribution < 1.29 is 14.6 Å². The smallest absolute Gasteiger partial charge is 0.170 e. The van der Waals surface area contributed by atoms with Gasteiger partial charge in [0.05, 0.1) is 12.7 Å². The highest BCUT2D eigenvalue weighted by Gasteiger charge is 2.45. The van der Waals surface area contributed by atoms with Crippen molar-refractivity contribution in [3.05, 3.63) is 0 Å². The van der Waals surface area contributed by atoms with Crippen molar-refractivity contribution in [2.24, 2.45) is 5.92 Å². The van der Waals surface area contributed by atoms with E-state index in [2.05, 4.69) is 11.8 Å². The Kier molecular flexibility index (Phi) is 3.85. The van der Waals surface area contributed by atoms with Crippen LogP contribution in [0.1, 0.15) is 26.7 Å². The molecule has 0 aromatic rings. The third-order valence-corrected chi connectivity index (χ3v) is 3.87. The summed E-state index contributed by atoms with van der Waals surface area (Å²) in [5.41, 5.74) is 0. The summed E-state index contributed by atoms with van der Waals surface area (Å²) in [4.78, 5) is 2.43. The first-order chi connectivity index (χ1) is 7.68. The fourth-order valence-corrected chi connectivity index (χ4v) is 2.71. The Labute approximate surface area is 97.5 Å². The highest BCUT2D eigenvalue weighted by Crippen LogP contribution is 2.36. The summed E-state index contributed by atoms with van der Waals surface area (Å²) in [5.74, 6) is 0.0418. The molecular formula is C12H23NO3. The van der Waals surface area contributed by atoms with Crippen LogP contribution in [0, 0.1) is 5.92 Å². The maximum absolute atomic E-state index is 8.90. The average molecular weight is 229 g/mol. The minimum atomic E-state index is -0.427. The maximum Gasteiger partial charge on any atom is 0.170 e. The van der Waals surface area contributed by atoms with Crippen LogP contribution < -0.4 is 0 Å². The quantitative estimate of drug-likeness (QED) is 0.776. The molecule has 0 saturated carbocycles. The second-order valence-corrected chi connectivity index (χ2v) is 4.96. The van der Waals surface area contributed by atoms with Gasteiger partial charge in [-0.15, -0.1) is 0 Å². The third kappa shape index (κ3) is 2.40. The Balaban J connectivity index is 1.89. The number of aliphatic hydroxyl groups is 1. The lowest BCUT2D eigenvalue weighted by atomic mass is 9.99. The van der Waals surface area contributed by atoms with Crippen LogP contribution in [0.4, 0.5) is 0 Å². The molecule has 2 aliphatic heterocycles. The average Bonchev–Trinajstić information content (AvgIpc) is 2.86. The number of nitrogens with zero attached hydrogens (tertiary/aromatic N) is 1. The molecule has 0 aromatic carbocycles. The van der Waals surface area contributed by atoms with Crippen LogP contribution in [0.25, 0.3) is 0 Å². The van der Waals surface area contributed by atoms with Crippen molar-refractivity contribution in [2.75, 3.05) is 32.8 Å². The van der Waals surface area contributed by atoms with Gasteiger partial charge in [0.15, 0.2) is 5.79 Å². The molecule has 0 spiro atoms. The molecule has 4 heteroatoms. The molecule has 1 N–H and O–H groups in total. The lowest BCUT2D eigenvalue weighted by Crippen LogP contribution is -2.38. The van der Waals surface area contributed by atoms with Gasteiger partial charge in [0.2, 0.25) is 0 Å². The van der Waals surface area contributed by atoms with Crippen LogP contribution in [0.15, 0.2) is 0 Å². The summed E-state index contributed by atoms with van der Waals surface area (Å²) >= 11 is 0. The van der Waals surface area contributed by atoms with Crippen molar-refractivity contribution in [3.8, 4) is 0 Å². The summed E-state index contributed by atoms with van der Waals surface area (Å²) in [6.07, 6.45) is 1.90. The van der Waals surface area contributed by atoms with Gasteiger partial charge in [-0.2, -0.15) is 0 Å². The van der Waals surface area contributed by atoms with Crippen molar-refractivity contribution in [2.45, 2.75) is 38.6 Å². The Morgan fingerprint density at radius 3 is 2.94 bits per heavy atom. The minimum Gasteiger partial charge on any atom is -0.396 e. The molecule has 2 rings (SSSR count). The minimum absolute atomic E-state index is 0.0747. The summed E-state index contributed by atoms with van der Waals surface area (Å²) in [6.45, 7) is 8.36. The van der Waals surface area contributed by atoms with Crippen molar-refractivity contribution >= 4 is 0 Å². The fourth-order valence-electron chi connectivity index (χ4n) is 2.71. The molecule has 2 fully saturated rings. The zero-order valence-electron chi connectivity index (χ0n) is 10.3. The van der Waals surface area contributed by atoms with Gasteiger partial charge in [-0.05, 0) is 32.9 Å². The number of likely N-dealkylation sites (tertiary alicyclic amines) is 1. The van der Waals surface area contributed by atoms with E-state index < -0.39 is 5.79 Å². The van der Waals surface area contributed by atoms with E-state index in [1.807, 2.05) is 6.92 Å². The standard InChI is InChI=1S/C12H23NO3/c1-3-13-6-4-10(8-13)12(2)15-9-11(16-12)5-7-14/h10-11,14H,3-9H2,1-2H3. The summed E-state index contributed by atoms with van der Waals surface area (Å²) < 4.78 is 11.8. The Hall–Kier alpha value is -0.160. The monoisotopic (exact) mass is 229 g/mol. The van der Waals surface area contributed by atoms with E-state index in [0.717, 1.165) is 26.1 Å². The van der Waals surface area contributed by atoms with Crippen LogP contribution in [-0.2, 0) is 9.47 Å². The van der Waals surface area contributed by atoms with Gasteiger partial charge >= 0.3 is 0 Å². The number of ether oxygens (including phenoxy) is 2. The van der Waals surface area contributed by atoms with Gasteiger partial charge in [0.1, 0.15) is 0 Å². The first-order valence-corrected chi connectivity index (χ1v) is 6.33. The SMILES string of the molecule is CCN1CCC(C2(C)OCC(CCO)O2)C1. The zero-order chi connectivity index (χ0) is 11.6. The van der Waals surface area contributed by atoms with Gasteiger partial charge in [0, 0.05) is 19.1 Å². The lowest BCUT2D eigenvalue weighted by Gasteiger charge is -2.30. The molecule has 0 amide bonds. The highest BCUT2D eigenvalue weighted by molar-refractivity contribution is 4.88. The van der Waals surface area contributed by atoms with E-state index in [9.17, 15) is 0 Å². The molecule has 2 aliphatic rings. The largest absolute Gasteiger partial charge is 0.396 e. The Morgan fingerprint density at radius 1 is 1.50 bits per heavy atom. The van der Waals surface area contributed by atoms with Crippen molar-refractivity contribution in [1.82, 2.24) is 4.90 Å². The third-order valence-electron chi connectivity index (χ3n) is 3.87. The van der Waals surface area contributed by atoms with E-state index in [1.165, 1.54) is 0 Å². The molecule has 0 aliphatic carbocycles. The molecule has 0 radical (unpaired) electrons. The van der Waals surface area contributed by atoms with Gasteiger partial charge < -0.3 is 19.5 Å². The molecule has 2 saturated heterocycles. The predicted octanol–water partition coefficient (Wildman–Crippen LogP) is 0.842. The fraction of sp³-hybridized carbons (Fsp3) is 1.00. The van der Waals surface area contributed by atoms with E-state index >= 15 is 0 Å². The highest BCUT2D eigenvalue weighted by atomic mass is 16.7. The molecule has 0 aromatic heterocycles. The van der Waals surface area contributed by atoms with Crippen LogP contribution >= 0.6 is 0 Å². The number of rotatable bonds is 4. The Bertz CT molecular complexity index is 236. The molecular weight excluding hydrogens is 206 g/mol. The van der Waals surface area contributed by atoms with Gasteiger partial charge in [0.25, 0.3) is 0 Å². The van der Waals surface area contributed by atoms with E-state index in [-0.39, 0.29) is 12.7 Å². The molecule has 3 unspecified atom stereocenters. The lowest BCUT2D eigenvalue weighted by molar-refractivity contribution is -0.189. The number of hydrogen-bond donors (Lipinski definition) is 1. The van der Waals surface area contributed by atoms with Crippen molar-refractivity contribution in [1.29, 1.82) is 0 Å². The molecule has 3 atom stereocenters. The Morgan fingerprint density at radius 2 is 2.31 bits per heavy atom. The second kappa shape index (κ2) is 5.00. The molecule has 94 valence electrons. The van der Waals surface area contributed by atoms with E-state index in [4.69, 9.17) is 14.6 Å². The van der Waals surface area contributed by atoms with Gasteiger partial charge in [-0.3, -0.25) is 0 Å².